The van der Waals surface area contributed by atoms with Crippen molar-refractivity contribution in [1.82, 2.24) is 13.9 Å². The average Bonchev–Trinajstić information content (AvgIpc) is 3.13. The van der Waals surface area contributed by atoms with E-state index in [1.807, 2.05) is 6.08 Å². The lowest BCUT2D eigenvalue weighted by Gasteiger charge is -2.39. The molecule has 0 amide bonds. The number of para-hydroxylation sites is 1. The maximum atomic E-state index is 13.7. The summed E-state index contributed by atoms with van der Waals surface area (Å²) in [6.07, 6.45) is 3.28. The van der Waals surface area contributed by atoms with Crippen molar-refractivity contribution in [2.45, 2.75) is 31.8 Å². The van der Waals surface area contributed by atoms with Crippen LogP contribution in [0.25, 0.3) is 5.69 Å². The molecule has 3 aliphatic rings. The molecule has 2 aliphatic carbocycles. The van der Waals surface area contributed by atoms with Gasteiger partial charge in [-0.25, -0.2) is 23.5 Å². The maximum Gasteiger partial charge on any atom is 0.352 e. The molecule has 1 aromatic heterocycles. The summed E-state index contributed by atoms with van der Waals surface area (Å²) in [5.41, 5.74) is 2.32. The van der Waals surface area contributed by atoms with Gasteiger partial charge in [-0.2, -0.15) is 0 Å². The minimum absolute atomic E-state index is 0.112. The summed E-state index contributed by atoms with van der Waals surface area (Å²) >= 11 is 3.21. The fourth-order valence-electron chi connectivity index (χ4n) is 5.51. The van der Waals surface area contributed by atoms with Crippen molar-refractivity contribution >= 4 is 27.5 Å². The van der Waals surface area contributed by atoms with Gasteiger partial charge in [0, 0.05) is 29.6 Å². The third-order valence-corrected chi connectivity index (χ3v) is 7.76. The van der Waals surface area contributed by atoms with Crippen molar-refractivity contribution in [2.75, 3.05) is 0 Å². The molecular formula is C27H20BrN3O5. The Labute approximate surface area is 213 Å². The number of fused-ring (bicyclic) bond motifs is 3. The molecule has 2 heterocycles. The van der Waals surface area contributed by atoms with Crippen LogP contribution in [-0.2, 0) is 16.1 Å². The molecule has 0 fully saturated rings. The zero-order chi connectivity index (χ0) is 25.3. The molecule has 1 N–H and O–H groups in total. The highest BCUT2D eigenvalue weighted by Crippen LogP contribution is 2.50. The topological polar surface area (TPSA) is 103 Å². The number of allylic oxidation sites excluding steroid dienone is 6. The van der Waals surface area contributed by atoms with Gasteiger partial charge in [0.05, 0.1) is 22.8 Å². The van der Waals surface area contributed by atoms with E-state index >= 15 is 0 Å². The Kier molecular flexibility index (Phi) is 5.01. The van der Waals surface area contributed by atoms with Crippen LogP contribution in [0.15, 0.2) is 91.5 Å². The van der Waals surface area contributed by atoms with E-state index in [-0.39, 0.29) is 34.8 Å². The van der Waals surface area contributed by atoms with Crippen LogP contribution in [0.2, 0.25) is 0 Å². The zero-order valence-corrected chi connectivity index (χ0v) is 20.7. The lowest BCUT2D eigenvalue weighted by molar-refractivity contribution is -0.115. The lowest BCUT2D eigenvalue weighted by atomic mass is 9.68. The van der Waals surface area contributed by atoms with Crippen molar-refractivity contribution in [3.05, 3.63) is 114 Å². The fraction of sp³-hybridized carbons (Fsp3) is 0.185. The molecule has 2 unspecified atom stereocenters. The monoisotopic (exact) mass is 545 g/mol. The number of carbonyl (C=O) groups is 2. The number of phenolic OH excluding ortho intramolecular Hbond substituents is 1. The molecule has 3 aromatic rings. The highest BCUT2D eigenvalue weighted by Gasteiger charge is 2.45. The number of phenols is 1. The van der Waals surface area contributed by atoms with Crippen molar-refractivity contribution in [2.24, 2.45) is 0 Å². The molecule has 1 aliphatic heterocycles. The largest absolute Gasteiger partial charge is 0.508 e. The van der Waals surface area contributed by atoms with Gasteiger partial charge in [0.25, 0.3) is 0 Å². The predicted octanol–water partition coefficient (Wildman–Crippen LogP) is 3.21. The summed E-state index contributed by atoms with van der Waals surface area (Å²) in [5.74, 6) is -1.05. The van der Waals surface area contributed by atoms with Gasteiger partial charge in [-0.3, -0.25) is 9.59 Å². The first-order chi connectivity index (χ1) is 17.3. The third kappa shape index (κ3) is 3.12. The number of hydrogen-bond acceptors (Lipinski definition) is 5. The highest BCUT2D eigenvalue weighted by molar-refractivity contribution is 9.12. The van der Waals surface area contributed by atoms with Crippen molar-refractivity contribution in [1.29, 1.82) is 0 Å². The predicted molar refractivity (Wildman–Crippen MR) is 136 cm³/mol. The van der Waals surface area contributed by atoms with Crippen LogP contribution in [0, 0.1) is 6.92 Å². The van der Waals surface area contributed by atoms with Gasteiger partial charge >= 0.3 is 11.4 Å². The standard InChI is InChI=1S/C27H20BrN3O5/c1-14-11-15(7-8-21(14)32)23-17-9-10-29-26(35)30(16-5-3-2-4-6-16)27(36)31(29)20(17)12-18-24(23)22(33)13-19(28)25(18)34/h2-9,11,13,20,23,32H,10,12H2,1H3. The van der Waals surface area contributed by atoms with Gasteiger partial charge in [0.15, 0.2) is 11.6 Å². The molecule has 9 heteroatoms. The van der Waals surface area contributed by atoms with E-state index in [4.69, 9.17) is 0 Å². The van der Waals surface area contributed by atoms with Gasteiger partial charge in [0.1, 0.15) is 5.75 Å². The molecule has 180 valence electrons. The molecule has 0 bridgehead atoms. The number of aromatic nitrogens is 3. The number of halogens is 1. The Morgan fingerprint density at radius 2 is 1.75 bits per heavy atom. The Morgan fingerprint density at radius 3 is 2.47 bits per heavy atom. The van der Waals surface area contributed by atoms with Crippen LogP contribution >= 0.6 is 15.9 Å². The molecule has 2 aromatic carbocycles. The summed E-state index contributed by atoms with van der Waals surface area (Å²) in [6.45, 7) is 1.91. The van der Waals surface area contributed by atoms with Gasteiger partial charge in [-0.05, 0) is 57.8 Å². The smallest absolute Gasteiger partial charge is 0.352 e. The van der Waals surface area contributed by atoms with Crippen LogP contribution < -0.4 is 11.4 Å². The van der Waals surface area contributed by atoms with Crippen LogP contribution in [0.5, 0.6) is 5.75 Å². The second-order valence-electron chi connectivity index (χ2n) is 9.14. The fourth-order valence-corrected chi connectivity index (χ4v) is 5.96. The first kappa shape index (κ1) is 22.5. The van der Waals surface area contributed by atoms with E-state index < -0.39 is 23.3 Å². The lowest BCUT2D eigenvalue weighted by Crippen LogP contribution is -2.40. The summed E-state index contributed by atoms with van der Waals surface area (Å²) < 4.78 is 4.10. The SMILES string of the molecule is Cc1cc(C2C3=CCn4c(=O)n(-c5ccccc5)c(=O)n4C3CC3=C2C(=O)C=C(Br)C3=O)ccc1O. The Bertz CT molecular complexity index is 1700. The molecule has 36 heavy (non-hydrogen) atoms. The molecule has 0 saturated heterocycles. The normalized spacial score (nSPS) is 20.9. The number of Topliss-reactive ketones (excluding diaryl/α,β-unsaturated/α-hetero) is 1. The van der Waals surface area contributed by atoms with Crippen LogP contribution in [0.3, 0.4) is 0 Å². The van der Waals surface area contributed by atoms with Crippen molar-refractivity contribution in [3.8, 4) is 11.4 Å². The van der Waals surface area contributed by atoms with E-state index in [1.54, 1.807) is 55.5 Å². The second-order valence-corrected chi connectivity index (χ2v) is 10.00. The van der Waals surface area contributed by atoms with Gasteiger partial charge < -0.3 is 5.11 Å². The summed E-state index contributed by atoms with van der Waals surface area (Å²) in [6, 6.07) is 13.1. The zero-order valence-electron chi connectivity index (χ0n) is 19.1. The molecular weight excluding hydrogens is 526 g/mol. The summed E-state index contributed by atoms with van der Waals surface area (Å²) in [5, 5.41) is 10.1. The van der Waals surface area contributed by atoms with Gasteiger partial charge in [-0.1, -0.05) is 36.4 Å². The van der Waals surface area contributed by atoms with E-state index in [1.165, 1.54) is 15.4 Å². The third-order valence-electron chi connectivity index (χ3n) is 7.17. The highest BCUT2D eigenvalue weighted by atomic mass is 79.9. The molecule has 6 rings (SSSR count). The molecule has 8 nitrogen and oxygen atoms in total. The number of aromatic hydroxyl groups is 1. The average molecular weight is 546 g/mol. The molecule has 0 saturated carbocycles. The number of benzene rings is 2. The number of rotatable bonds is 2. The van der Waals surface area contributed by atoms with Gasteiger partial charge in [0.2, 0.25) is 0 Å². The van der Waals surface area contributed by atoms with E-state index in [9.17, 15) is 24.3 Å². The number of nitrogens with zero attached hydrogens (tertiary/aromatic N) is 3. The minimum Gasteiger partial charge on any atom is -0.508 e. The van der Waals surface area contributed by atoms with E-state index in [0.717, 1.165) is 15.7 Å². The van der Waals surface area contributed by atoms with E-state index in [0.29, 0.717) is 22.4 Å². The van der Waals surface area contributed by atoms with E-state index in [2.05, 4.69) is 15.9 Å². The minimum atomic E-state index is -0.628. The first-order valence-electron chi connectivity index (χ1n) is 11.5. The molecule has 0 radical (unpaired) electrons. The van der Waals surface area contributed by atoms with Crippen LogP contribution in [0.4, 0.5) is 0 Å². The summed E-state index contributed by atoms with van der Waals surface area (Å²) in [7, 11) is 0. The number of aryl methyl sites for hydroxylation is 1. The maximum absolute atomic E-state index is 13.7. The number of carbonyl (C=O) groups excluding carboxylic acids is 2. The number of hydrogen-bond donors (Lipinski definition) is 1. The number of ketones is 2. The summed E-state index contributed by atoms with van der Waals surface area (Å²) in [4.78, 5) is 53.4. The molecule has 0 spiro atoms. The quantitative estimate of drug-likeness (QED) is 0.393. The Hall–Kier alpha value is -3.98. The Balaban J connectivity index is 1.60. The van der Waals surface area contributed by atoms with Gasteiger partial charge in [-0.15, -0.1) is 0 Å². The van der Waals surface area contributed by atoms with Crippen LogP contribution in [-0.4, -0.2) is 30.6 Å². The van der Waals surface area contributed by atoms with Crippen LogP contribution in [0.1, 0.15) is 29.5 Å². The second kappa shape index (κ2) is 8.03. The van der Waals surface area contributed by atoms with Crippen molar-refractivity contribution in [3.63, 3.8) is 0 Å². The van der Waals surface area contributed by atoms with Crippen molar-refractivity contribution < 1.29 is 14.7 Å². The molecule has 2 atom stereocenters. The Morgan fingerprint density at radius 1 is 1.00 bits per heavy atom. The first-order valence-corrected chi connectivity index (χ1v) is 12.3.